The SMILES string of the molecule is COc1ncc(NC(=O)C(=O)N2C[C@@H](C)CCC2Cc2ccc(C(N)=O)s2)cc1C(N)=O. The Morgan fingerprint density at radius 2 is 1.97 bits per heavy atom. The summed E-state index contributed by atoms with van der Waals surface area (Å²) in [7, 11) is 1.34. The van der Waals surface area contributed by atoms with Gasteiger partial charge in [-0.3, -0.25) is 19.2 Å². The molecule has 10 nitrogen and oxygen atoms in total. The number of nitrogens with two attached hydrogens (primary N) is 2. The lowest BCUT2D eigenvalue weighted by molar-refractivity contribution is -0.146. The number of carbonyl (C=O) groups excluding carboxylic acids is 4. The van der Waals surface area contributed by atoms with Crippen molar-refractivity contribution >= 4 is 40.7 Å². The number of thiophene rings is 1. The van der Waals surface area contributed by atoms with Crippen molar-refractivity contribution in [1.29, 1.82) is 0 Å². The Morgan fingerprint density at radius 1 is 1.22 bits per heavy atom. The lowest BCUT2D eigenvalue weighted by atomic mass is 9.92. The second-order valence-corrected chi connectivity index (χ2v) is 8.90. The largest absolute Gasteiger partial charge is 0.480 e. The van der Waals surface area contributed by atoms with Gasteiger partial charge in [-0.05, 0) is 37.0 Å². The molecule has 1 aliphatic heterocycles. The van der Waals surface area contributed by atoms with Gasteiger partial charge in [-0.1, -0.05) is 6.92 Å². The molecule has 0 bridgehead atoms. The van der Waals surface area contributed by atoms with E-state index in [-0.39, 0.29) is 29.1 Å². The molecule has 1 fully saturated rings. The van der Waals surface area contributed by atoms with Gasteiger partial charge in [0.05, 0.1) is 23.9 Å². The number of methoxy groups -OCH3 is 1. The summed E-state index contributed by atoms with van der Waals surface area (Å²) in [5.74, 6) is -2.50. The highest BCUT2D eigenvalue weighted by Gasteiger charge is 2.34. The van der Waals surface area contributed by atoms with Gasteiger partial charge in [0.15, 0.2) is 0 Å². The molecule has 11 heteroatoms. The molecule has 1 saturated heterocycles. The number of amides is 4. The third kappa shape index (κ3) is 5.22. The second kappa shape index (κ2) is 9.77. The van der Waals surface area contributed by atoms with Gasteiger partial charge < -0.3 is 26.4 Å². The topological polar surface area (TPSA) is 158 Å². The number of aromatic nitrogens is 1. The van der Waals surface area contributed by atoms with E-state index >= 15 is 0 Å². The number of nitrogens with one attached hydrogen (secondary N) is 1. The summed E-state index contributed by atoms with van der Waals surface area (Å²) in [4.78, 5) is 55.6. The summed E-state index contributed by atoms with van der Waals surface area (Å²) >= 11 is 1.29. The summed E-state index contributed by atoms with van der Waals surface area (Å²) in [5, 5.41) is 2.49. The zero-order chi connectivity index (χ0) is 23.4. The standard InChI is InChI=1S/C21H25N5O5S/c1-11-3-4-13(8-14-5-6-16(32-14)18(23)28)26(10-11)21(30)19(29)25-12-7-15(17(22)27)20(31-2)24-9-12/h5-7,9,11,13H,3-4,8,10H2,1-2H3,(H2,22,27)(H2,23,28)(H,25,29)/t11-,13?/m0/s1. The van der Waals surface area contributed by atoms with Crippen molar-refractivity contribution in [1.82, 2.24) is 9.88 Å². The number of nitrogens with zero attached hydrogens (tertiary/aromatic N) is 2. The number of piperidine rings is 1. The highest BCUT2D eigenvalue weighted by Crippen LogP contribution is 2.27. The lowest BCUT2D eigenvalue weighted by Crippen LogP contribution is -2.51. The maximum Gasteiger partial charge on any atom is 0.313 e. The van der Waals surface area contributed by atoms with Gasteiger partial charge >= 0.3 is 11.8 Å². The van der Waals surface area contributed by atoms with Gasteiger partial charge in [-0.15, -0.1) is 11.3 Å². The summed E-state index contributed by atoms with van der Waals surface area (Å²) in [6.07, 6.45) is 3.47. The Bertz CT molecular complexity index is 1050. The van der Waals surface area contributed by atoms with Crippen LogP contribution in [0, 0.1) is 5.92 Å². The Kier molecular flexibility index (Phi) is 7.08. The molecule has 4 amide bonds. The van der Waals surface area contributed by atoms with Crippen LogP contribution < -0.4 is 21.5 Å². The molecule has 1 unspecified atom stereocenters. The van der Waals surface area contributed by atoms with Crippen LogP contribution in [0.25, 0.3) is 0 Å². The molecule has 0 spiro atoms. The molecule has 0 aromatic carbocycles. The minimum Gasteiger partial charge on any atom is -0.480 e. The van der Waals surface area contributed by atoms with Crippen LogP contribution in [-0.2, 0) is 16.0 Å². The van der Waals surface area contributed by atoms with E-state index in [2.05, 4.69) is 10.3 Å². The van der Waals surface area contributed by atoms with E-state index in [1.807, 2.05) is 13.0 Å². The number of likely N-dealkylation sites (tertiary alicyclic amines) is 1. The maximum atomic E-state index is 13.0. The number of ether oxygens (including phenoxy) is 1. The highest BCUT2D eigenvalue weighted by molar-refractivity contribution is 7.14. The first-order chi connectivity index (χ1) is 15.2. The van der Waals surface area contributed by atoms with Crippen LogP contribution in [0.1, 0.15) is 44.7 Å². The molecule has 2 atom stereocenters. The molecule has 3 rings (SSSR count). The van der Waals surface area contributed by atoms with Crippen molar-refractivity contribution in [3.05, 3.63) is 39.7 Å². The molecule has 0 radical (unpaired) electrons. The van der Waals surface area contributed by atoms with Gasteiger partial charge in [-0.2, -0.15) is 0 Å². The molecule has 0 aliphatic carbocycles. The third-order valence-corrected chi connectivity index (χ3v) is 6.43. The van der Waals surface area contributed by atoms with E-state index in [0.29, 0.717) is 17.8 Å². The van der Waals surface area contributed by atoms with Crippen LogP contribution in [0.15, 0.2) is 24.4 Å². The van der Waals surface area contributed by atoms with Gasteiger partial charge in [0.1, 0.15) is 5.56 Å². The van der Waals surface area contributed by atoms with Crippen molar-refractivity contribution < 1.29 is 23.9 Å². The summed E-state index contributed by atoms with van der Waals surface area (Å²) in [5.41, 5.74) is 10.8. The molecular formula is C21H25N5O5S. The first-order valence-electron chi connectivity index (χ1n) is 10.0. The normalized spacial score (nSPS) is 18.1. The Labute approximate surface area is 188 Å². The van der Waals surface area contributed by atoms with E-state index in [1.165, 1.54) is 30.7 Å². The number of hydrogen-bond acceptors (Lipinski definition) is 7. The van der Waals surface area contributed by atoms with Crippen LogP contribution in [0.4, 0.5) is 5.69 Å². The maximum absolute atomic E-state index is 13.0. The van der Waals surface area contributed by atoms with Crippen LogP contribution in [0.2, 0.25) is 0 Å². The predicted octanol–water partition coefficient (Wildman–Crippen LogP) is 1.16. The van der Waals surface area contributed by atoms with Crippen LogP contribution >= 0.6 is 11.3 Å². The summed E-state index contributed by atoms with van der Waals surface area (Å²) in [6.45, 7) is 2.47. The molecule has 0 saturated carbocycles. The number of anilines is 1. The lowest BCUT2D eigenvalue weighted by Gasteiger charge is -2.38. The molecule has 32 heavy (non-hydrogen) atoms. The minimum atomic E-state index is -0.838. The van der Waals surface area contributed by atoms with Crippen molar-refractivity contribution in [2.24, 2.45) is 17.4 Å². The fourth-order valence-electron chi connectivity index (χ4n) is 3.70. The summed E-state index contributed by atoms with van der Waals surface area (Å²) < 4.78 is 4.98. The van der Waals surface area contributed by atoms with E-state index < -0.39 is 23.6 Å². The van der Waals surface area contributed by atoms with Gasteiger partial charge in [0.25, 0.3) is 11.8 Å². The average molecular weight is 460 g/mol. The summed E-state index contributed by atoms with van der Waals surface area (Å²) in [6, 6.07) is 4.62. The van der Waals surface area contributed by atoms with Crippen LogP contribution in [-0.4, -0.2) is 53.2 Å². The number of hydrogen-bond donors (Lipinski definition) is 3. The fraction of sp³-hybridized carbons (Fsp3) is 0.381. The van der Waals surface area contributed by atoms with Gasteiger partial charge in [-0.25, -0.2) is 4.98 Å². The number of carbonyl (C=O) groups is 4. The van der Waals surface area contributed by atoms with Gasteiger partial charge in [0, 0.05) is 23.9 Å². The molecular weight excluding hydrogens is 434 g/mol. The highest BCUT2D eigenvalue weighted by atomic mass is 32.1. The first kappa shape index (κ1) is 23.2. The first-order valence-corrected chi connectivity index (χ1v) is 10.9. The molecule has 2 aromatic rings. The average Bonchev–Trinajstić information content (AvgIpc) is 3.23. The van der Waals surface area contributed by atoms with Gasteiger partial charge in [0.2, 0.25) is 5.88 Å². The van der Waals surface area contributed by atoms with Crippen LogP contribution in [0.3, 0.4) is 0 Å². The van der Waals surface area contributed by atoms with Crippen molar-refractivity contribution in [3.8, 4) is 5.88 Å². The quantitative estimate of drug-likeness (QED) is 0.550. The van der Waals surface area contributed by atoms with Crippen molar-refractivity contribution in [2.75, 3.05) is 19.0 Å². The fourth-order valence-corrected chi connectivity index (χ4v) is 4.63. The Hall–Kier alpha value is -3.47. The minimum absolute atomic E-state index is 0.00910. The molecule has 3 heterocycles. The zero-order valence-electron chi connectivity index (χ0n) is 17.8. The zero-order valence-corrected chi connectivity index (χ0v) is 18.6. The number of pyridine rings is 1. The van der Waals surface area contributed by atoms with Crippen molar-refractivity contribution in [3.63, 3.8) is 0 Å². The predicted molar refractivity (Wildman–Crippen MR) is 118 cm³/mol. The van der Waals surface area contributed by atoms with E-state index in [0.717, 1.165) is 17.7 Å². The Morgan fingerprint density at radius 3 is 2.59 bits per heavy atom. The Balaban J connectivity index is 1.75. The molecule has 170 valence electrons. The molecule has 5 N–H and O–H groups in total. The second-order valence-electron chi connectivity index (χ2n) is 7.73. The van der Waals surface area contributed by atoms with Crippen LogP contribution in [0.5, 0.6) is 5.88 Å². The molecule has 2 aromatic heterocycles. The van der Waals surface area contributed by atoms with E-state index in [9.17, 15) is 19.2 Å². The van der Waals surface area contributed by atoms with E-state index in [4.69, 9.17) is 16.2 Å². The number of rotatable bonds is 6. The number of primary amides is 2. The molecule has 1 aliphatic rings. The smallest absolute Gasteiger partial charge is 0.313 e. The third-order valence-electron chi connectivity index (χ3n) is 5.31. The monoisotopic (exact) mass is 459 g/mol. The van der Waals surface area contributed by atoms with Crippen molar-refractivity contribution in [2.45, 2.75) is 32.2 Å². The van der Waals surface area contributed by atoms with E-state index in [1.54, 1.807) is 11.0 Å².